The zero-order valence-corrected chi connectivity index (χ0v) is 17.8. The normalized spacial score (nSPS) is 21.3. The van der Waals surface area contributed by atoms with E-state index in [1.165, 1.54) is 38.1 Å². The van der Waals surface area contributed by atoms with E-state index in [4.69, 9.17) is 9.73 Å². The van der Waals surface area contributed by atoms with E-state index < -0.39 is 17.8 Å². The molecule has 1 N–H and O–H groups in total. The fourth-order valence-corrected chi connectivity index (χ4v) is 4.02. The van der Waals surface area contributed by atoms with Gasteiger partial charge in [-0.1, -0.05) is 12.1 Å². The molecule has 2 aliphatic heterocycles. The molecule has 0 aromatic heterocycles. The number of benzene rings is 1. The molecule has 0 aliphatic carbocycles. The van der Waals surface area contributed by atoms with E-state index in [9.17, 15) is 13.2 Å². The van der Waals surface area contributed by atoms with Gasteiger partial charge >= 0.3 is 6.18 Å². The van der Waals surface area contributed by atoms with Crippen molar-refractivity contribution in [3.63, 3.8) is 0 Å². The number of aliphatic imine (C=N–C) groups is 1. The van der Waals surface area contributed by atoms with Crippen LogP contribution >= 0.6 is 0 Å². The summed E-state index contributed by atoms with van der Waals surface area (Å²) < 4.78 is 45.0. The number of hydrogen-bond donors (Lipinski definition) is 1. The van der Waals surface area contributed by atoms with Gasteiger partial charge in [-0.05, 0) is 69.9 Å². The number of morpholine rings is 1. The maximum Gasteiger partial charge on any atom is 0.416 e. The first-order chi connectivity index (χ1) is 14.5. The van der Waals surface area contributed by atoms with Crippen molar-refractivity contribution in [3.8, 4) is 0 Å². The third kappa shape index (κ3) is 6.60. The van der Waals surface area contributed by atoms with Crippen LogP contribution in [0.15, 0.2) is 29.3 Å². The Morgan fingerprint density at radius 1 is 1.20 bits per heavy atom. The van der Waals surface area contributed by atoms with Crippen molar-refractivity contribution in [1.82, 2.24) is 15.1 Å². The molecule has 1 unspecified atom stereocenters. The highest BCUT2D eigenvalue weighted by Gasteiger charge is 2.32. The highest BCUT2D eigenvalue weighted by Crippen LogP contribution is 2.32. The minimum atomic E-state index is -4.35. The Balaban J connectivity index is 1.56. The Bertz CT molecular complexity index is 689. The van der Waals surface area contributed by atoms with E-state index in [0.717, 1.165) is 44.5 Å². The summed E-state index contributed by atoms with van der Waals surface area (Å²) >= 11 is 0. The molecule has 0 bridgehead atoms. The zero-order chi connectivity index (χ0) is 21.4. The number of alkyl halides is 3. The SMILES string of the molecule is CCNC(=NCCCCN1CCCC1)N1CCOC(c2cccc(C(F)(F)F)c2)C1. The molecule has 0 radical (unpaired) electrons. The molecule has 0 saturated carbocycles. The molecular weight excluding hydrogens is 393 g/mol. The molecule has 8 heteroatoms. The van der Waals surface area contributed by atoms with Crippen LogP contribution in [0.5, 0.6) is 0 Å². The van der Waals surface area contributed by atoms with Crippen molar-refractivity contribution in [2.75, 3.05) is 52.4 Å². The highest BCUT2D eigenvalue weighted by molar-refractivity contribution is 5.80. The summed E-state index contributed by atoms with van der Waals surface area (Å²) in [4.78, 5) is 9.37. The number of halogens is 3. The van der Waals surface area contributed by atoms with Crippen LogP contribution < -0.4 is 5.32 Å². The van der Waals surface area contributed by atoms with E-state index in [1.807, 2.05) is 6.92 Å². The lowest BCUT2D eigenvalue weighted by Gasteiger charge is -2.35. The maximum absolute atomic E-state index is 13.1. The second-order valence-corrected chi connectivity index (χ2v) is 7.92. The molecular formula is C22H33F3N4O. The van der Waals surface area contributed by atoms with Crippen LogP contribution in [0.2, 0.25) is 0 Å². The summed E-state index contributed by atoms with van der Waals surface area (Å²) in [7, 11) is 0. The molecule has 5 nitrogen and oxygen atoms in total. The molecule has 168 valence electrons. The average molecular weight is 427 g/mol. The van der Waals surface area contributed by atoms with Gasteiger partial charge in [0.15, 0.2) is 5.96 Å². The molecule has 0 spiro atoms. The number of unbranched alkanes of at least 4 members (excludes halogenated alkanes) is 1. The number of guanidine groups is 1. The molecule has 30 heavy (non-hydrogen) atoms. The van der Waals surface area contributed by atoms with E-state index >= 15 is 0 Å². The van der Waals surface area contributed by atoms with Gasteiger partial charge in [0, 0.05) is 19.6 Å². The Kier molecular flexibility index (Phi) is 8.39. The number of nitrogens with one attached hydrogen (secondary N) is 1. The zero-order valence-electron chi connectivity index (χ0n) is 17.8. The van der Waals surface area contributed by atoms with E-state index in [2.05, 4.69) is 15.1 Å². The van der Waals surface area contributed by atoms with Gasteiger partial charge in [0.05, 0.1) is 18.7 Å². The predicted molar refractivity (Wildman–Crippen MR) is 113 cm³/mol. The van der Waals surface area contributed by atoms with Crippen molar-refractivity contribution in [2.45, 2.75) is 44.9 Å². The first kappa shape index (κ1) is 22.9. The molecule has 2 saturated heterocycles. The first-order valence-corrected chi connectivity index (χ1v) is 11.0. The van der Waals surface area contributed by atoms with Crippen molar-refractivity contribution < 1.29 is 17.9 Å². The van der Waals surface area contributed by atoms with Crippen molar-refractivity contribution in [2.24, 2.45) is 4.99 Å². The minimum absolute atomic E-state index is 0.403. The van der Waals surface area contributed by atoms with Gasteiger partial charge in [0.1, 0.15) is 6.10 Å². The standard InChI is InChI=1S/C22H33F3N4O/c1-2-26-21(27-10-3-4-11-28-12-5-6-13-28)29-14-15-30-20(17-29)18-8-7-9-19(16-18)22(23,24)25/h7-9,16,20H,2-6,10-15,17H2,1H3,(H,26,27). The van der Waals surface area contributed by atoms with Gasteiger partial charge in [-0.3, -0.25) is 4.99 Å². The third-order valence-electron chi connectivity index (χ3n) is 5.63. The minimum Gasteiger partial charge on any atom is -0.370 e. The maximum atomic E-state index is 13.1. The first-order valence-electron chi connectivity index (χ1n) is 11.0. The number of likely N-dealkylation sites (tertiary alicyclic amines) is 1. The van der Waals surface area contributed by atoms with Gasteiger partial charge in [-0.25, -0.2) is 0 Å². The van der Waals surface area contributed by atoms with Gasteiger partial charge in [-0.2, -0.15) is 13.2 Å². The van der Waals surface area contributed by atoms with Gasteiger partial charge < -0.3 is 19.9 Å². The van der Waals surface area contributed by atoms with Crippen molar-refractivity contribution in [1.29, 1.82) is 0 Å². The fraction of sp³-hybridized carbons (Fsp3) is 0.682. The summed E-state index contributed by atoms with van der Waals surface area (Å²) in [6.07, 6.45) is 0.0428. The molecule has 3 rings (SSSR count). The number of ether oxygens (including phenoxy) is 1. The van der Waals surface area contributed by atoms with Gasteiger partial charge in [0.2, 0.25) is 0 Å². The summed E-state index contributed by atoms with van der Waals surface area (Å²) in [6.45, 7) is 8.72. The highest BCUT2D eigenvalue weighted by atomic mass is 19.4. The molecule has 0 amide bonds. The van der Waals surface area contributed by atoms with Crippen LogP contribution in [0.3, 0.4) is 0 Å². The van der Waals surface area contributed by atoms with Crippen LogP contribution in [0.25, 0.3) is 0 Å². The Labute approximate surface area is 177 Å². The Morgan fingerprint density at radius 2 is 2.00 bits per heavy atom. The van der Waals surface area contributed by atoms with Crippen LogP contribution in [0, 0.1) is 0 Å². The van der Waals surface area contributed by atoms with E-state index in [1.54, 1.807) is 6.07 Å². The Hall–Kier alpha value is -1.80. The van der Waals surface area contributed by atoms with Crippen molar-refractivity contribution in [3.05, 3.63) is 35.4 Å². The molecule has 2 fully saturated rings. The second kappa shape index (κ2) is 11.0. The van der Waals surface area contributed by atoms with E-state index in [0.29, 0.717) is 25.3 Å². The average Bonchev–Trinajstić information content (AvgIpc) is 3.26. The largest absolute Gasteiger partial charge is 0.416 e. The van der Waals surface area contributed by atoms with Crippen LogP contribution in [0.1, 0.15) is 49.8 Å². The van der Waals surface area contributed by atoms with Crippen molar-refractivity contribution >= 4 is 5.96 Å². The summed E-state index contributed by atoms with van der Waals surface area (Å²) in [5, 5.41) is 3.32. The van der Waals surface area contributed by atoms with E-state index in [-0.39, 0.29) is 0 Å². The molecule has 2 heterocycles. The van der Waals surface area contributed by atoms with Crippen LogP contribution in [-0.4, -0.2) is 68.2 Å². The smallest absolute Gasteiger partial charge is 0.370 e. The fourth-order valence-electron chi connectivity index (χ4n) is 4.02. The number of nitrogens with zero attached hydrogens (tertiary/aromatic N) is 3. The lowest BCUT2D eigenvalue weighted by Crippen LogP contribution is -2.48. The molecule has 2 aliphatic rings. The predicted octanol–water partition coefficient (Wildman–Crippen LogP) is 3.92. The lowest BCUT2D eigenvalue weighted by molar-refractivity contribution is -0.137. The Morgan fingerprint density at radius 3 is 2.73 bits per heavy atom. The third-order valence-corrected chi connectivity index (χ3v) is 5.63. The van der Waals surface area contributed by atoms with Crippen LogP contribution in [0.4, 0.5) is 13.2 Å². The molecule has 1 aromatic rings. The second-order valence-electron chi connectivity index (χ2n) is 7.92. The summed E-state index contributed by atoms with van der Waals surface area (Å²) in [6, 6.07) is 5.43. The number of rotatable bonds is 7. The molecule has 1 atom stereocenters. The van der Waals surface area contributed by atoms with Gasteiger partial charge in [0.25, 0.3) is 0 Å². The topological polar surface area (TPSA) is 40.1 Å². The quantitative estimate of drug-likeness (QED) is 0.408. The van der Waals surface area contributed by atoms with Gasteiger partial charge in [-0.15, -0.1) is 0 Å². The van der Waals surface area contributed by atoms with Crippen LogP contribution in [-0.2, 0) is 10.9 Å². The summed E-state index contributed by atoms with van der Waals surface area (Å²) in [5.41, 5.74) is -0.0877. The molecule has 1 aromatic carbocycles. The lowest BCUT2D eigenvalue weighted by atomic mass is 10.0. The number of hydrogen-bond acceptors (Lipinski definition) is 3. The summed E-state index contributed by atoms with van der Waals surface area (Å²) in [5.74, 6) is 0.818. The monoisotopic (exact) mass is 426 g/mol.